The topological polar surface area (TPSA) is 176 Å². The number of alkyl carbamates (subject to hydrolysis) is 1. The predicted molar refractivity (Wildman–Crippen MR) is 275 cm³/mol. The van der Waals surface area contributed by atoms with Gasteiger partial charge >= 0.3 is 6.09 Å². The van der Waals surface area contributed by atoms with Crippen molar-refractivity contribution >= 4 is 52.5 Å². The molecule has 2 saturated heterocycles. The zero-order valence-corrected chi connectivity index (χ0v) is 43.1. The number of aryl methyl sites for hydroxylation is 1. The molecule has 0 bridgehead atoms. The minimum absolute atomic E-state index is 0.0165. The first-order valence-electron chi connectivity index (χ1n) is 23.9. The fourth-order valence-electron chi connectivity index (χ4n) is 8.74. The number of aliphatic hydroxyl groups excluding tert-OH is 1. The third-order valence-electron chi connectivity index (χ3n) is 13.1. The van der Waals surface area contributed by atoms with Crippen LogP contribution in [-0.2, 0) is 31.1 Å². The number of likely N-dealkylation sites (tertiary alicyclic amines) is 1. The maximum absolute atomic E-state index is 14.1. The average molecular weight is 1010 g/mol. The van der Waals surface area contributed by atoms with Gasteiger partial charge in [0.15, 0.2) is 5.69 Å². The van der Waals surface area contributed by atoms with E-state index in [1.165, 1.54) is 4.90 Å². The summed E-state index contributed by atoms with van der Waals surface area (Å²) in [6, 6.07) is 20.9. The highest BCUT2D eigenvalue weighted by Gasteiger charge is 2.45. The molecule has 3 amide bonds. The second-order valence-electron chi connectivity index (χ2n) is 19.6. The van der Waals surface area contributed by atoms with Gasteiger partial charge in [-0.05, 0) is 71.8 Å². The van der Waals surface area contributed by atoms with Crippen molar-refractivity contribution in [3.63, 3.8) is 0 Å². The molecule has 5 aromatic rings. The number of hydrogen-bond acceptors (Lipinski definition) is 13. The Bertz CT molecular complexity index is 2660. The SMILES string of the molecule is [C-]#[N+]c1cc(Cl)cc(C(C)(C)c2ccc(OCc3ccnc(N4CCN(CCOCCOC(=O)N[C@H](C(=O)N5C[C@H](O)CC5C(=O)N[C@@H](C)c5ccc(-c6scnc6C)cc5)C(C)(C)C)CC4)n3)cc2)c1. The second-order valence-corrected chi connectivity index (χ2v) is 20.9. The zero-order valence-electron chi connectivity index (χ0n) is 41.5. The molecule has 0 saturated carbocycles. The van der Waals surface area contributed by atoms with Crippen molar-refractivity contribution in [1.29, 1.82) is 0 Å². The second kappa shape index (κ2) is 23.4. The first-order chi connectivity index (χ1) is 33.9. The van der Waals surface area contributed by atoms with Crippen molar-refractivity contribution in [3.8, 4) is 16.2 Å². The number of aromatic nitrogens is 3. The number of halogens is 1. The Labute approximate surface area is 425 Å². The molecule has 3 N–H and O–H groups in total. The van der Waals surface area contributed by atoms with Crippen molar-refractivity contribution in [3.05, 3.63) is 129 Å². The Morgan fingerprint density at radius 3 is 2.34 bits per heavy atom. The van der Waals surface area contributed by atoms with Gasteiger partial charge in [-0.1, -0.05) is 88.7 Å². The van der Waals surface area contributed by atoms with Crippen LogP contribution in [0.1, 0.15) is 82.1 Å². The van der Waals surface area contributed by atoms with Gasteiger partial charge in [-0.2, -0.15) is 0 Å². The number of ether oxygens (including phenoxy) is 3. The molecule has 71 heavy (non-hydrogen) atoms. The van der Waals surface area contributed by atoms with Crippen LogP contribution in [0, 0.1) is 18.9 Å². The number of carbonyl (C=O) groups excluding carboxylic acids is 3. The Balaban J connectivity index is 0.801. The molecule has 2 aliphatic rings. The minimum Gasteiger partial charge on any atom is -0.487 e. The van der Waals surface area contributed by atoms with Crippen LogP contribution in [0.4, 0.5) is 16.4 Å². The number of aliphatic hydroxyl groups is 1. The van der Waals surface area contributed by atoms with Gasteiger partial charge < -0.3 is 39.8 Å². The van der Waals surface area contributed by atoms with Crippen LogP contribution in [0.3, 0.4) is 0 Å². The number of nitrogens with zero attached hydrogens (tertiary/aromatic N) is 7. The first kappa shape index (κ1) is 52.7. The molecule has 1 unspecified atom stereocenters. The molecule has 7 rings (SSSR count). The number of hydrogen-bond donors (Lipinski definition) is 3. The monoisotopic (exact) mass is 1010 g/mol. The molecule has 4 atom stereocenters. The summed E-state index contributed by atoms with van der Waals surface area (Å²) in [5, 5.41) is 16.9. The summed E-state index contributed by atoms with van der Waals surface area (Å²) in [5.74, 6) is 0.517. The fourth-order valence-corrected chi connectivity index (χ4v) is 9.79. The predicted octanol–water partition coefficient (Wildman–Crippen LogP) is 8.14. The van der Waals surface area contributed by atoms with Gasteiger partial charge in [-0.25, -0.2) is 24.6 Å². The van der Waals surface area contributed by atoms with Crippen LogP contribution in [-0.4, -0.2) is 125 Å². The van der Waals surface area contributed by atoms with Crippen LogP contribution in [0.25, 0.3) is 15.3 Å². The van der Waals surface area contributed by atoms with E-state index in [9.17, 15) is 19.5 Å². The summed E-state index contributed by atoms with van der Waals surface area (Å²) >= 11 is 7.88. The molecule has 16 nitrogen and oxygen atoms in total. The molecule has 0 aliphatic carbocycles. The number of thiazole rings is 1. The maximum Gasteiger partial charge on any atom is 0.407 e. The van der Waals surface area contributed by atoms with Crippen LogP contribution in [0.5, 0.6) is 5.75 Å². The Morgan fingerprint density at radius 1 is 0.930 bits per heavy atom. The highest BCUT2D eigenvalue weighted by molar-refractivity contribution is 7.13. The van der Waals surface area contributed by atoms with E-state index in [0.29, 0.717) is 35.6 Å². The number of nitrogens with one attached hydrogen (secondary N) is 2. The number of β-amino-alcohol motifs (C(OH)–C–C–N with tert-alkyl or cyclic N) is 1. The van der Waals surface area contributed by atoms with E-state index >= 15 is 0 Å². The van der Waals surface area contributed by atoms with E-state index in [1.54, 1.807) is 23.6 Å². The fraction of sp³-hybridized carbons (Fsp3) is 0.453. The summed E-state index contributed by atoms with van der Waals surface area (Å²) in [5.41, 5.74) is 6.93. The lowest BCUT2D eigenvalue weighted by molar-refractivity contribution is -0.142. The van der Waals surface area contributed by atoms with Crippen molar-refractivity contribution in [1.82, 2.24) is 35.4 Å². The number of piperazine rings is 1. The molecule has 2 aliphatic heterocycles. The summed E-state index contributed by atoms with van der Waals surface area (Å²) in [6.45, 7) is 25.6. The van der Waals surface area contributed by atoms with E-state index in [1.807, 2.05) is 107 Å². The third-order valence-corrected chi connectivity index (χ3v) is 14.3. The van der Waals surface area contributed by atoms with Crippen molar-refractivity contribution in [2.45, 2.75) is 91.1 Å². The van der Waals surface area contributed by atoms with Crippen LogP contribution in [0.2, 0.25) is 5.02 Å². The van der Waals surface area contributed by atoms with Gasteiger partial charge in [0.05, 0.1) is 53.7 Å². The summed E-state index contributed by atoms with van der Waals surface area (Å²) < 4.78 is 17.4. The molecule has 2 aromatic heterocycles. The van der Waals surface area contributed by atoms with E-state index in [0.717, 1.165) is 64.7 Å². The Morgan fingerprint density at radius 2 is 1.66 bits per heavy atom. The van der Waals surface area contributed by atoms with E-state index in [2.05, 4.69) is 49.1 Å². The number of rotatable bonds is 18. The molecule has 3 aromatic carbocycles. The molecule has 2 fully saturated rings. The quantitative estimate of drug-likeness (QED) is 0.0569. The normalized spacial score (nSPS) is 17.3. The van der Waals surface area contributed by atoms with Crippen molar-refractivity contribution < 1.29 is 33.7 Å². The summed E-state index contributed by atoms with van der Waals surface area (Å²) in [6.07, 6.45) is 0.171. The van der Waals surface area contributed by atoms with Crippen molar-refractivity contribution in [2.75, 3.05) is 64.0 Å². The van der Waals surface area contributed by atoms with E-state index < -0.39 is 35.6 Å². The van der Waals surface area contributed by atoms with Crippen molar-refractivity contribution in [2.24, 2.45) is 5.41 Å². The smallest absolute Gasteiger partial charge is 0.407 e. The number of anilines is 1. The Hall–Kier alpha value is -6.16. The highest BCUT2D eigenvalue weighted by Crippen LogP contribution is 2.36. The number of carbonyl (C=O) groups is 3. The highest BCUT2D eigenvalue weighted by atomic mass is 35.5. The van der Waals surface area contributed by atoms with Crippen LogP contribution in [0.15, 0.2) is 84.5 Å². The lowest BCUT2D eigenvalue weighted by Gasteiger charge is -2.35. The van der Waals surface area contributed by atoms with Gasteiger partial charge in [-0.15, -0.1) is 11.3 Å². The molecule has 4 heterocycles. The molecule has 18 heteroatoms. The third kappa shape index (κ3) is 13.6. The molecule has 376 valence electrons. The Kier molecular flexibility index (Phi) is 17.3. The van der Waals surface area contributed by atoms with Gasteiger partial charge in [0.2, 0.25) is 17.8 Å². The average Bonchev–Trinajstić information content (AvgIpc) is 3.98. The standard InChI is InChI=1S/C53H64ClN9O7S/c1-34(36-9-11-37(12-10-36)46-35(2)57-33-71-46)58-48(65)45-30-43(64)31-63(45)49(66)47(52(3,4)5)60-51(67)69-26-25-68-24-23-61-19-21-62(22-20-61)50-56-18-17-41(59-50)32-70-44-15-13-38(14-16-44)53(6,7)39-27-40(54)29-42(28-39)55-8/h9-18,27-29,33-34,43,45,47,64H,19-26,30-32H2,1-7H3,(H,58,65)(H,60,67)/t34-,43+,45?,47+/m0/s1. The van der Waals surface area contributed by atoms with Gasteiger partial charge in [0.1, 0.15) is 31.0 Å². The maximum atomic E-state index is 14.1. The van der Waals surface area contributed by atoms with Crippen LogP contribution >= 0.6 is 22.9 Å². The van der Waals surface area contributed by atoms with Gasteiger partial charge in [0.25, 0.3) is 0 Å². The molecule has 0 radical (unpaired) electrons. The van der Waals surface area contributed by atoms with Crippen LogP contribution < -0.4 is 20.3 Å². The number of benzene rings is 3. The number of amides is 3. The molecular weight excluding hydrogens is 942 g/mol. The van der Waals surface area contributed by atoms with Gasteiger partial charge in [0, 0.05) is 62.3 Å². The minimum atomic E-state index is -1.03. The van der Waals surface area contributed by atoms with Gasteiger partial charge in [-0.3, -0.25) is 14.5 Å². The molecule has 0 spiro atoms. The van der Waals surface area contributed by atoms with E-state index in [-0.39, 0.29) is 50.2 Å². The first-order valence-corrected chi connectivity index (χ1v) is 25.2. The summed E-state index contributed by atoms with van der Waals surface area (Å²) in [4.78, 5) is 64.9. The molecular formula is C53H64ClN9O7S. The largest absolute Gasteiger partial charge is 0.487 e. The lowest BCUT2D eigenvalue weighted by Crippen LogP contribution is -2.58. The summed E-state index contributed by atoms with van der Waals surface area (Å²) in [7, 11) is 0. The zero-order chi connectivity index (χ0) is 50.9. The van der Waals surface area contributed by atoms with E-state index in [4.69, 9.17) is 37.4 Å². The lowest BCUT2D eigenvalue weighted by atomic mass is 9.78.